The van der Waals surface area contributed by atoms with E-state index in [1.807, 2.05) is 12.1 Å². The minimum Gasteiger partial charge on any atom is -0.492 e. The quantitative estimate of drug-likeness (QED) is 0.716. The zero-order chi connectivity index (χ0) is 17.5. The van der Waals surface area contributed by atoms with Crippen molar-refractivity contribution in [2.24, 2.45) is 0 Å². The van der Waals surface area contributed by atoms with E-state index < -0.39 is 6.10 Å². The van der Waals surface area contributed by atoms with Gasteiger partial charge >= 0.3 is 0 Å². The first-order valence-electron chi connectivity index (χ1n) is 9.37. The number of hydrogen-bond donors (Lipinski definition) is 3. The van der Waals surface area contributed by atoms with Gasteiger partial charge in [-0.2, -0.15) is 0 Å². The summed E-state index contributed by atoms with van der Waals surface area (Å²) in [4.78, 5) is 14.8. The van der Waals surface area contributed by atoms with Crippen molar-refractivity contribution in [3.05, 3.63) is 29.8 Å². The molecule has 3 rings (SSSR count). The van der Waals surface area contributed by atoms with Crippen molar-refractivity contribution in [2.45, 2.75) is 37.8 Å². The molecule has 0 bridgehead atoms. The number of nitrogens with zero attached hydrogens (tertiary/aromatic N) is 1. The zero-order valence-corrected chi connectivity index (χ0v) is 14.7. The van der Waals surface area contributed by atoms with Crippen LogP contribution in [0.4, 0.5) is 0 Å². The van der Waals surface area contributed by atoms with E-state index in [1.165, 1.54) is 25.9 Å². The van der Waals surface area contributed by atoms with E-state index in [9.17, 15) is 9.90 Å². The number of aliphatic hydroxyl groups is 1. The predicted molar refractivity (Wildman–Crippen MR) is 97.0 cm³/mol. The van der Waals surface area contributed by atoms with E-state index in [1.54, 1.807) is 12.1 Å². The van der Waals surface area contributed by atoms with Gasteiger partial charge < -0.3 is 20.5 Å². The molecule has 0 aromatic heterocycles. The molecule has 2 heterocycles. The number of carbonyl (C=O) groups is 1. The number of aliphatic hydroxyl groups excluding tert-OH is 1. The van der Waals surface area contributed by atoms with Crippen molar-refractivity contribution in [1.29, 1.82) is 0 Å². The Kier molecular flexibility index (Phi) is 6.67. The van der Waals surface area contributed by atoms with Crippen LogP contribution in [-0.2, 0) is 0 Å². The third-order valence-corrected chi connectivity index (χ3v) is 4.99. The highest BCUT2D eigenvalue weighted by atomic mass is 16.5. The third-order valence-electron chi connectivity index (χ3n) is 4.99. The summed E-state index contributed by atoms with van der Waals surface area (Å²) in [6.45, 7) is 5.45. The fourth-order valence-electron chi connectivity index (χ4n) is 3.43. The van der Waals surface area contributed by atoms with Crippen molar-refractivity contribution < 1.29 is 14.6 Å². The van der Waals surface area contributed by atoms with Gasteiger partial charge in [0.1, 0.15) is 12.4 Å². The van der Waals surface area contributed by atoms with Crippen LogP contribution in [-0.4, -0.2) is 67.4 Å². The number of carbonyl (C=O) groups excluding carboxylic acids is 1. The Morgan fingerprint density at radius 2 is 2.00 bits per heavy atom. The summed E-state index contributed by atoms with van der Waals surface area (Å²) in [5.74, 6) is 0.628. The van der Waals surface area contributed by atoms with Gasteiger partial charge in [-0.25, -0.2) is 0 Å². The lowest BCUT2D eigenvalue weighted by Crippen LogP contribution is -2.47. The zero-order valence-electron chi connectivity index (χ0n) is 14.7. The van der Waals surface area contributed by atoms with E-state index in [0.29, 0.717) is 25.1 Å². The maximum Gasteiger partial charge on any atom is 0.251 e. The Labute approximate surface area is 149 Å². The Hall–Kier alpha value is -1.63. The highest BCUT2D eigenvalue weighted by Crippen LogP contribution is 2.14. The standard InChI is InChI=1S/C19H29N3O3/c23-18-4-3-9-20-14-17(18)21-19(24)15-5-7-16(8-6-15)25-13-12-22-10-1-2-11-22/h5-8,17-18,20,23H,1-4,9-14H2,(H,21,24)/t17-,18-/m1/s1. The van der Waals surface area contributed by atoms with Gasteiger partial charge in [-0.1, -0.05) is 0 Å². The molecule has 6 nitrogen and oxygen atoms in total. The second-order valence-corrected chi connectivity index (χ2v) is 6.92. The average molecular weight is 347 g/mol. The molecule has 2 saturated heterocycles. The molecule has 2 aliphatic heterocycles. The fourth-order valence-corrected chi connectivity index (χ4v) is 3.43. The van der Waals surface area contributed by atoms with Crippen molar-refractivity contribution in [3.63, 3.8) is 0 Å². The van der Waals surface area contributed by atoms with Gasteiger partial charge in [0.05, 0.1) is 12.1 Å². The Morgan fingerprint density at radius 3 is 2.76 bits per heavy atom. The van der Waals surface area contributed by atoms with Crippen LogP contribution in [0.3, 0.4) is 0 Å². The molecule has 2 atom stereocenters. The van der Waals surface area contributed by atoms with E-state index in [0.717, 1.165) is 25.3 Å². The molecule has 1 aromatic carbocycles. The molecule has 2 fully saturated rings. The van der Waals surface area contributed by atoms with Crippen LogP contribution in [0.2, 0.25) is 0 Å². The molecular weight excluding hydrogens is 318 g/mol. The smallest absolute Gasteiger partial charge is 0.251 e. The van der Waals surface area contributed by atoms with Crippen molar-refractivity contribution in [1.82, 2.24) is 15.5 Å². The lowest BCUT2D eigenvalue weighted by molar-refractivity contribution is 0.0832. The highest BCUT2D eigenvalue weighted by molar-refractivity contribution is 5.94. The second kappa shape index (κ2) is 9.17. The molecule has 1 aromatic rings. The van der Waals surface area contributed by atoms with Crippen LogP contribution in [0.1, 0.15) is 36.0 Å². The average Bonchev–Trinajstić information content (AvgIpc) is 3.06. The number of benzene rings is 1. The molecule has 0 radical (unpaired) electrons. The molecule has 0 unspecified atom stereocenters. The van der Waals surface area contributed by atoms with Crippen LogP contribution in [0.15, 0.2) is 24.3 Å². The molecule has 3 N–H and O–H groups in total. The summed E-state index contributed by atoms with van der Waals surface area (Å²) in [5.41, 5.74) is 0.586. The van der Waals surface area contributed by atoms with E-state index in [4.69, 9.17) is 4.74 Å². The number of amides is 1. The topological polar surface area (TPSA) is 73.8 Å². The number of likely N-dealkylation sites (tertiary alicyclic amines) is 1. The van der Waals surface area contributed by atoms with Crippen LogP contribution < -0.4 is 15.4 Å². The van der Waals surface area contributed by atoms with Gasteiger partial charge in [0, 0.05) is 18.7 Å². The molecule has 1 amide bonds. The van der Waals surface area contributed by atoms with Gasteiger partial charge in [0.2, 0.25) is 0 Å². The largest absolute Gasteiger partial charge is 0.492 e. The maximum absolute atomic E-state index is 12.4. The molecule has 138 valence electrons. The fraction of sp³-hybridized carbons (Fsp3) is 0.632. The predicted octanol–water partition coefficient (Wildman–Crippen LogP) is 1.00. The van der Waals surface area contributed by atoms with Crippen LogP contribution >= 0.6 is 0 Å². The normalized spacial score (nSPS) is 24.7. The van der Waals surface area contributed by atoms with Crippen molar-refractivity contribution in [3.8, 4) is 5.75 Å². The van der Waals surface area contributed by atoms with E-state index in [2.05, 4.69) is 15.5 Å². The molecule has 6 heteroatoms. The molecule has 0 spiro atoms. The van der Waals surface area contributed by atoms with Gasteiger partial charge in [-0.05, 0) is 69.6 Å². The van der Waals surface area contributed by atoms with Gasteiger partial charge in [-0.3, -0.25) is 9.69 Å². The molecule has 0 aliphatic carbocycles. The third kappa shape index (κ3) is 5.42. The number of nitrogens with one attached hydrogen (secondary N) is 2. The number of ether oxygens (including phenoxy) is 1. The minimum absolute atomic E-state index is 0.156. The highest BCUT2D eigenvalue weighted by Gasteiger charge is 2.23. The lowest BCUT2D eigenvalue weighted by Gasteiger charge is -2.21. The summed E-state index contributed by atoms with van der Waals surface area (Å²) in [6.07, 6.45) is 3.72. The molecule has 25 heavy (non-hydrogen) atoms. The first-order chi connectivity index (χ1) is 12.2. The van der Waals surface area contributed by atoms with Crippen molar-refractivity contribution in [2.75, 3.05) is 39.3 Å². The summed E-state index contributed by atoms with van der Waals surface area (Å²) < 4.78 is 5.76. The lowest BCUT2D eigenvalue weighted by atomic mass is 10.1. The second-order valence-electron chi connectivity index (χ2n) is 6.92. The monoisotopic (exact) mass is 347 g/mol. The Morgan fingerprint density at radius 1 is 1.24 bits per heavy atom. The number of hydrogen-bond acceptors (Lipinski definition) is 5. The summed E-state index contributed by atoms with van der Waals surface area (Å²) in [6, 6.07) is 6.97. The van der Waals surface area contributed by atoms with Crippen molar-refractivity contribution >= 4 is 5.91 Å². The summed E-state index contributed by atoms with van der Waals surface area (Å²) >= 11 is 0. The van der Waals surface area contributed by atoms with Crippen LogP contribution in [0.5, 0.6) is 5.75 Å². The Bertz CT molecular complexity index is 543. The molecular formula is C19H29N3O3. The number of rotatable bonds is 6. The summed E-state index contributed by atoms with van der Waals surface area (Å²) in [5, 5.41) is 16.3. The minimum atomic E-state index is -0.493. The molecule has 2 aliphatic rings. The van der Waals surface area contributed by atoms with Crippen LogP contribution in [0.25, 0.3) is 0 Å². The first kappa shape index (κ1) is 18.2. The SMILES string of the molecule is O=C(N[C@@H]1CNCCC[C@H]1O)c1ccc(OCCN2CCCC2)cc1. The molecule has 0 saturated carbocycles. The van der Waals surface area contributed by atoms with Gasteiger partial charge in [0.25, 0.3) is 5.91 Å². The van der Waals surface area contributed by atoms with E-state index in [-0.39, 0.29) is 11.9 Å². The first-order valence-corrected chi connectivity index (χ1v) is 9.37. The van der Waals surface area contributed by atoms with Gasteiger partial charge in [-0.15, -0.1) is 0 Å². The summed E-state index contributed by atoms with van der Waals surface area (Å²) in [7, 11) is 0. The van der Waals surface area contributed by atoms with Gasteiger partial charge in [0.15, 0.2) is 0 Å². The maximum atomic E-state index is 12.4. The Balaban J connectivity index is 1.46. The van der Waals surface area contributed by atoms with E-state index >= 15 is 0 Å². The van der Waals surface area contributed by atoms with Crippen LogP contribution in [0, 0.1) is 0 Å².